The average Bonchev–Trinajstić information content (AvgIpc) is 3.06. The second-order valence-electron chi connectivity index (χ2n) is 11.7. The van der Waals surface area contributed by atoms with E-state index in [1.807, 2.05) is 29.2 Å². The highest BCUT2D eigenvalue weighted by molar-refractivity contribution is 7.90. The summed E-state index contributed by atoms with van der Waals surface area (Å²) in [6, 6.07) is 44.3. The van der Waals surface area contributed by atoms with Crippen molar-refractivity contribution < 1.29 is 13.5 Å². The number of phenols is 1. The predicted molar refractivity (Wildman–Crippen MR) is 186 cm³/mol. The number of phenolic OH excluding ortho intramolecular Hbond substituents is 1. The number of rotatable bonds is 4. The van der Waals surface area contributed by atoms with E-state index in [-0.39, 0.29) is 24.0 Å². The molecule has 6 aromatic rings. The molecular weight excluding hydrogens is 591 g/mol. The van der Waals surface area contributed by atoms with Gasteiger partial charge < -0.3 is 19.8 Å². The Kier molecular flexibility index (Phi) is 6.08. The number of nitrogens with zero attached hydrogens (tertiary/aromatic N) is 3. The lowest BCUT2D eigenvalue weighted by atomic mass is 9.72. The first-order valence-electron chi connectivity index (χ1n) is 14.8. The fourth-order valence-electron chi connectivity index (χ4n) is 7.39. The van der Waals surface area contributed by atoms with E-state index >= 15 is 0 Å². The molecule has 3 heterocycles. The van der Waals surface area contributed by atoms with Crippen molar-refractivity contribution in [2.75, 3.05) is 21.0 Å². The van der Waals surface area contributed by atoms with Crippen molar-refractivity contribution in [3.63, 3.8) is 0 Å². The molecule has 3 aliphatic rings. The monoisotopic (exact) mass is 621 g/mol. The van der Waals surface area contributed by atoms with Crippen LogP contribution in [0, 0.1) is 0 Å². The van der Waals surface area contributed by atoms with Crippen LogP contribution in [0.4, 0.5) is 51.2 Å². The van der Waals surface area contributed by atoms with Crippen molar-refractivity contribution in [2.24, 2.45) is 0 Å². The van der Waals surface area contributed by atoms with Crippen LogP contribution in [0.5, 0.6) is 5.75 Å². The molecule has 0 aliphatic carbocycles. The molecule has 0 aromatic heterocycles. The van der Waals surface area contributed by atoms with Crippen LogP contribution in [0.2, 0.25) is 0 Å². The van der Waals surface area contributed by atoms with E-state index in [1.165, 1.54) is 24.0 Å². The summed E-state index contributed by atoms with van der Waals surface area (Å²) < 4.78 is 25.4. The van der Waals surface area contributed by atoms with Crippen LogP contribution in [-0.4, -0.2) is 19.8 Å². The maximum atomic E-state index is 12.7. The smallest absolute Gasteiger partial charge is 0.175 e. The zero-order chi connectivity index (χ0) is 30.4. The Bertz CT molecular complexity index is 2170. The molecule has 0 spiro atoms. The molecule has 7 heteroatoms. The maximum absolute atomic E-state index is 12.7. The first-order chi connectivity index (χ1) is 21.9. The van der Waals surface area contributed by atoms with E-state index in [4.69, 9.17) is 0 Å². The van der Waals surface area contributed by atoms with E-state index in [0.717, 1.165) is 56.6 Å². The van der Waals surface area contributed by atoms with Crippen molar-refractivity contribution in [1.82, 2.24) is 0 Å². The Morgan fingerprint density at radius 2 is 0.891 bits per heavy atom. The molecule has 0 saturated heterocycles. The lowest BCUT2D eigenvalue weighted by Crippen LogP contribution is -2.34. The van der Waals surface area contributed by atoms with Crippen LogP contribution in [0.25, 0.3) is 0 Å². The molecule has 6 nitrogen and oxygen atoms in total. The molecule has 3 aliphatic heterocycles. The number of hydrogen-bond donors (Lipinski definition) is 1. The first kappa shape index (κ1) is 28.0. The highest BCUT2D eigenvalue weighted by Gasteiger charge is 2.47. The summed E-state index contributed by atoms with van der Waals surface area (Å²) in [5, 5.41) is 11.4. The average molecular weight is 622 g/mol. The predicted octanol–water partition coefficient (Wildman–Crippen LogP) is 9.96. The third-order valence-electron chi connectivity index (χ3n) is 9.14. The Balaban J connectivity index is 0.00000312. The van der Waals surface area contributed by atoms with Crippen LogP contribution in [0.15, 0.2) is 138 Å². The van der Waals surface area contributed by atoms with Gasteiger partial charge in [-0.2, -0.15) is 0 Å². The standard InChI is InChI=1S/C38H27N3O3S.CH4/c1-45(43,44)26-21-22-34(42)33(23-26)41-31-19-9-17-29-36(31)38-35-27(39(29)24-11-4-2-5-12-24)15-8-16-28(35)40(25-13-6-3-7-14-25)30-18-10-20-32(41)37(30)38;/h2-23,38,42H,1H3;1H4. The van der Waals surface area contributed by atoms with Crippen LogP contribution >= 0.6 is 0 Å². The highest BCUT2D eigenvalue weighted by atomic mass is 32.2. The molecular formula is C39H31N3O3S. The van der Waals surface area contributed by atoms with Gasteiger partial charge in [0.25, 0.3) is 0 Å². The van der Waals surface area contributed by atoms with E-state index in [1.54, 1.807) is 6.07 Å². The van der Waals surface area contributed by atoms with Crippen LogP contribution < -0.4 is 14.7 Å². The quantitative estimate of drug-likeness (QED) is 0.211. The molecule has 0 atom stereocenters. The maximum Gasteiger partial charge on any atom is 0.175 e. The lowest BCUT2D eigenvalue weighted by molar-refractivity contribution is 0.476. The van der Waals surface area contributed by atoms with Crippen molar-refractivity contribution in [1.29, 1.82) is 0 Å². The van der Waals surface area contributed by atoms with Crippen LogP contribution in [0.1, 0.15) is 30.0 Å². The van der Waals surface area contributed by atoms with Gasteiger partial charge in [0.05, 0.1) is 44.7 Å². The summed E-state index contributed by atoms with van der Waals surface area (Å²) in [6.45, 7) is 0. The molecule has 46 heavy (non-hydrogen) atoms. The van der Waals surface area contributed by atoms with Crippen LogP contribution in [0.3, 0.4) is 0 Å². The molecule has 0 radical (unpaired) electrons. The van der Waals surface area contributed by atoms with E-state index < -0.39 is 9.84 Å². The number of hydrogen-bond acceptors (Lipinski definition) is 6. The van der Waals surface area contributed by atoms with Crippen molar-refractivity contribution in [2.45, 2.75) is 18.2 Å². The Hall–Kier alpha value is -5.53. The zero-order valence-electron chi connectivity index (χ0n) is 24.3. The first-order valence-corrected chi connectivity index (χ1v) is 16.7. The molecule has 0 fully saturated rings. The fraction of sp³-hybridized carbons (Fsp3) is 0.0769. The molecule has 0 unspecified atom stereocenters. The second kappa shape index (κ2) is 9.99. The molecule has 9 rings (SSSR count). The number of aromatic hydroxyl groups is 1. The van der Waals surface area contributed by atoms with E-state index in [0.29, 0.717) is 5.69 Å². The van der Waals surface area contributed by atoms with Gasteiger partial charge >= 0.3 is 0 Å². The highest BCUT2D eigenvalue weighted by Crippen LogP contribution is 2.67. The van der Waals surface area contributed by atoms with Gasteiger partial charge in [0.1, 0.15) is 5.75 Å². The van der Waals surface area contributed by atoms with Crippen molar-refractivity contribution >= 4 is 61.0 Å². The minimum Gasteiger partial charge on any atom is -0.506 e. The molecule has 226 valence electrons. The summed E-state index contributed by atoms with van der Waals surface area (Å²) in [4.78, 5) is 6.82. The van der Waals surface area contributed by atoms with Gasteiger partial charge in [0, 0.05) is 40.2 Å². The third-order valence-corrected chi connectivity index (χ3v) is 10.2. The van der Waals surface area contributed by atoms with Gasteiger partial charge in [-0.1, -0.05) is 62.0 Å². The van der Waals surface area contributed by atoms with Crippen LogP contribution in [-0.2, 0) is 9.84 Å². The minimum absolute atomic E-state index is 0. The SMILES string of the molecule is C.CS(=O)(=O)c1ccc(O)c(N2c3cccc4c3C3c5c(cccc5N(c5ccccc5)c5cccc2c53)N4c2ccccc2)c1. The van der Waals surface area contributed by atoms with Crippen molar-refractivity contribution in [3.05, 3.63) is 150 Å². The summed E-state index contributed by atoms with van der Waals surface area (Å²) in [5.41, 5.74) is 12.1. The number of para-hydroxylation sites is 2. The van der Waals surface area contributed by atoms with Gasteiger partial charge in [0.2, 0.25) is 0 Å². The summed E-state index contributed by atoms with van der Waals surface area (Å²) in [7, 11) is -3.53. The molecule has 0 amide bonds. The Morgan fingerprint density at radius 1 is 0.500 bits per heavy atom. The van der Waals surface area contributed by atoms with E-state index in [2.05, 4.69) is 101 Å². The minimum atomic E-state index is -3.53. The number of sulfone groups is 1. The number of anilines is 9. The summed E-state index contributed by atoms with van der Waals surface area (Å²) in [5.74, 6) is -0.0754. The summed E-state index contributed by atoms with van der Waals surface area (Å²) in [6.07, 6.45) is 1.19. The second-order valence-corrected chi connectivity index (χ2v) is 13.7. The van der Waals surface area contributed by atoms with Gasteiger partial charge in [-0.05, 0) is 78.9 Å². The molecule has 0 saturated carbocycles. The van der Waals surface area contributed by atoms with Gasteiger partial charge in [-0.15, -0.1) is 0 Å². The zero-order valence-corrected chi connectivity index (χ0v) is 25.1. The Labute approximate surface area is 268 Å². The lowest BCUT2D eigenvalue weighted by Gasteiger charge is -2.50. The normalized spacial score (nSPS) is 14.1. The van der Waals surface area contributed by atoms with E-state index in [9.17, 15) is 13.5 Å². The molecule has 0 bridgehead atoms. The van der Waals surface area contributed by atoms with Crippen molar-refractivity contribution in [3.8, 4) is 5.75 Å². The largest absolute Gasteiger partial charge is 0.506 e. The summed E-state index contributed by atoms with van der Waals surface area (Å²) >= 11 is 0. The van der Waals surface area contributed by atoms with Gasteiger partial charge in [-0.25, -0.2) is 8.42 Å². The Morgan fingerprint density at radius 3 is 1.28 bits per heavy atom. The molecule has 1 N–H and O–H groups in total. The number of benzene rings is 6. The van der Waals surface area contributed by atoms with Gasteiger partial charge in [-0.3, -0.25) is 0 Å². The topological polar surface area (TPSA) is 64.1 Å². The molecule has 6 aromatic carbocycles. The fourth-order valence-corrected chi connectivity index (χ4v) is 8.03. The third kappa shape index (κ3) is 3.78. The van der Waals surface area contributed by atoms with Gasteiger partial charge in [0.15, 0.2) is 9.84 Å².